The van der Waals surface area contributed by atoms with E-state index in [1.807, 2.05) is 19.9 Å². The predicted molar refractivity (Wildman–Crippen MR) is 102 cm³/mol. The summed E-state index contributed by atoms with van der Waals surface area (Å²) in [5.74, 6) is 0.231. The van der Waals surface area contributed by atoms with Crippen molar-refractivity contribution >= 4 is 20.0 Å². The first-order valence-electron chi connectivity index (χ1n) is 9.34. The van der Waals surface area contributed by atoms with Crippen LogP contribution in [0.4, 0.5) is 0 Å². The quantitative estimate of drug-likeness (QED) is 0.730. The molecule has 1 atom stereocenters. The Morgan fingerprint density at radius 2 is 1.58 bits per heavy atom. The Balaban J connectivity index is 1.69. The minimum atomic E-state index is -3.57. The van der Waals surface area contributed by atoms with Gasteiger partial charge in [-0.2, -0.15) is 8.61 Å². The van der Waals surface area contributed by atoms with E-state index in [-0.39, 0.29) is 37.8 Å². The third-order valence-electron chi connectivity index (χ3n) is 5.49. The maximum Gasteiger partial charge on any atom is 0.243 e. The Kier molecular flexibility index (Phi) is 5.77. The van der Waals surface area contributed by atoms with Gasteiger partial charge in [0.1, 0.15) is 0 Å². The van der Waals surface area contributed by atoms with Crippen molar-refractivity contribution in [3.8, 4) is 0 Å². The molecule has 1 aliphatic carbocycles. The smallest absolute Gasteiger partial charge is 0.212 e. The number of benzene rings is 1. The molecule has 0 radical (unpaired) electrons. The van der Waals surface area contributed by atoms with Gasteiger partial charge in [0.25, 0.3) is 0 Å². The van der Waals surface area contributed by atoms with Gasteiger partial charge in [0, 0.05) is 26.2 Å². The Labute approximate surface area is 157 Å². The van der Waals surface area contributed by atoms with Gasteiger partial charge >= 0.3 is 0 Å². The zero-order valence-corrected chi connectivity index (χ0v) is 17.2. The molecule has 3 rings (SSSR count). The summed E-state index contributed by atoms with van der Waals surface area (Å²) >= 11 is 0. The van der Waals surface area contributed by atoms with E-state index in [1.54, 1.807) is 12.1 Å². The number of piperazine rings is 1. The largest absolute Gasteiger partial charge is 0.243 e. The highest BCUT2D eigenvalue weighted by atomic mass is 32.2. The molecule has 146 valence electrons. The van der Waals surface area contributed by atoms with Crippen molar-refractivity contribution in [3.63, 3.8) is 0 Å². The summed E-state index contributed by atoms with van der Waals surface area (Å²) in [6, 6.07) is 5.40. The molecule has 2 aliphatic rings. The van der Waals surface area contributed by atoms with Crippen molar-refractivity contribution in [3.05, 3.63) is 29.3 Å². The normalized spacial score (nSPS) is 20.8. The Morgan fingerprint density at radius 1 is 0.962 bits per heavy atom. The molecule has 26 heavy (non-hydrogen) atoms. The van der Waals surface area contributed by atoms with Crippen molar-refractivity contribution in [2.75, 3.05) is 31.9 Å². The minimum Gasteiger partial charge on any atom is -0.212 e. The molecule has 0 aromatic heterocycles. The second-order valence-corrected chi connectivity index (χ2v) is 11.3. The van der Waals surface area contributed by atoms with Crippen LogP contribution in [0, 0.1) is 5.92 Å². The zero-order valence-electron chi connectivity index (χ0n) is 15.5. The topological polar surface area (TPSA) is 74.8 Å². The second-order valence-electron chi connectivity index (χ2n) is 7.38. The van der Waals surface area contributed by atoms with Crippen LogP contribution in [0.1, 0.15) is 37.8 Å². The summed E-state index contributed by atoms with van der Waals surface area (Å²) in [6.45, 7) is 4.76. The molecule has 0 saturated carbocycles. The van der Waals surface area contributed by atoms with Crippen LogP contribution in [0.15, 0.2) is 23.1 Å². The summed E-state index contributed by atoms with van der Waals surface area (Å²) in [5.41, 5.74) is 2.37. The van der Waals surface area contributed by atoms with Crippen LogP contribution in [0.2, 0.25) is 0 Å². The minimum absolute atomic E-state index is 0.105. The lowest BCUT2D eigenvalue weighted by atomic mass is 10.1. The lowest BCUT2D eigenvalue weighted by molar-refractivity contribution is 0.271. The van der Waals surface area contributed by atoms with Crippen LogP contribution in [0.3, 0.4) is 0 Å². The number of nitrogens with zero attached hydrogens (tertiary/aromatic N) is 2. The van der Waals surface area contributed by atoms with E-state index in [0.29, 0.717) is 4.90 Å². The van der Waals surface area contributed by atoms with Crippen LogP contribution in [-0.2, 0) is 32.9 Å². The predicted octanol–water partition coefficient (Wildman–Crippen LogP) is 1.86. The van der Waals surface area contributed by atoms with Gasteiger partial charge in [0.15, 0.2) is 0 Å². The molecule has 1 fully saturated rings. The molecule has 1 aromatic rings. The van der Waals surface area contributed by atoms with E-state index < -0.39 is 20.0 Å². The molecule has 0 bridgehead atoms. The van der Waals surface area contributed by atoms with Gasteiger partial charge < -0.3 is 0 Å². The summed E-state index contributed by atoms with van der Waals surface area (Å²) in [4.78, 5) is 0.328. The molecule has 6 nitrogen and oxygen atoms in total. The van der Waals surface area contributed by atoms with Crippen LogP contribution in [0.5, 0.6) is 0 Å². The number of hydrogen-bond donors (Lipinski definition) is 0. The monoisotopic (exact) mass is 400 g/mol. The first-order valence-corrected chi connectivity index (χ1v) is 12.4. The lowest BCUT2D eigenvalue weighted by Crippen LogP contribution is -2.51. The number of aryl methyl sites for hydroxylation is 2. The lowest BCUT2D eigenvalue weighted by Gasteiger charge is -2.33. The van der Waals surface area contributed by atoms with Gasteiger partial charge in [-0.05, 0) is 48.4 Å². The van der Waals surface area contributed by atoms with Crippen LogP contribution >= 0.6 is 0 Å². The number of sulfonamides is 2. The summed E-state index contributed by atoms with van der Waals surface area (Å²) in [5, 5.41) is 0. The Morgan fingerprint density at radius 3 is 2.23 bits per heavy atom. The molecule has 1 aromatic carbocycles. The SMILES string of the molecule is CCC(C)CS(=O)(=O)N1CCN(S(=O)(=O)c2ccc3c(c2)CCC3)CC1. The fraction of sp³-hybridized carbons (Fsp3) is 0.667. The molecule has 1 aliphatic heterocycles. The molecular formula is C18H28N2O4S2. The van der Waals surface area contributed by atoms with E-state index in [1.165, 1.54) is 14.2 Å². The fourth-order valence-corrected chi connectivity index (χ4v) is 6.99. The van der Waals surface area contributed by atoms with Crippen molar-refractivity contribution < 1.29 is 16.8 Å². The van der Waals surface area contributed by atoms with Gasteiger partial charge in [-0.15, -0.1) is 0 Å². The maximum atomic E-state index is 12.9. The molecule has 0 N–H and O–H groups in total. The van der Waals surface area contributed by atoms with Gasteiger partial charge in [-0.3, -0.25) is 0 Å². The number of fused-ring (bicyclic) bond motifs is 1. The zero-order chi connectivity index (χ0) is 18.9. The standard InChI is InChI=1S/C18H28N2O4S2/c1-3-15(2)14-25(21,22)19-9-11-20(12-10-19)26(23,24)18-8-7-16-5-4-6-17(16)13-18/h7-8,13,15H,3-6,9-12,14H2,1-2H3. The number of rotatable bonds is 6. The fourth-order valence-electron chi connectivity index (χ4n) is 3.63. The Bertz CT molecular complexity index is 857. The van der Waals surface area contributed by atoms with Crippen molar-refractivity contribution in [1.82, 2.24) is 8.61 Å². The van der Waals surface area contributed by atoms with Gasteiger partial charge in [-0.25, -0.2) is 16.8 Å². The molecular weight excluding hydrogens is 372 g/mol. The second kappa shape index (κ2) is 7.58. The van der Waals surface area contributed by atoms with E-state index in [9.17, 15) is 16.8 Å². The summed E-state index contributed by atoms with van der Waals surface area (Å²) in [7, 11) is -6.89. The maximum absolute atomic E-state index is 12.9. The van der Waals surface area contributed by atoms with Crippen LogP contribution < -0.4 is 0 Å². The first-order chi connectivity index (χ1) is 12.2. The van der Waals surface area contributed by atoms with E-state index in [2.05, 4.69) is 0 Å². The summed E-state index contributed by atoms with van der Waals surface area (Å²) in [6.07, 6.45) is 3.83. The van der Waals surface area contributed by atoms with Gasteiger partial charge in [0.05, 0.1) is 10.6 Å². The van der Waals surface area contributed by atoms with Crippen molar-refractivity contribution in [2.24, 2.45) is 5.92 Å². The van der Waals surface area contributed by atoms with Gasteiger partial charge in [-0.1, -0.05) is 26.3 Å². The highest BCUT2D eigenvalue weighted by Gasteiger charge is 2.33. The first kappa shape index (κ1) is 19.8. The Hall–Kier alpha value is -0.960. The molecule has 1 heterocycles. The van der Waals surface area contributed by atoms with Crippen molar-refractivity contribution in [2.45, 2.75) is 44.4 Å². The molecule has 0 amide bonds. The average Bonchev–Trinajstić information content (AvgIpc) is 3.09. The molecule has 0 spiro atoms. The number of hydrogen-bond acceptors (Lipinski definition) is 4. The van der Waals surface area contributed by atoms with E-state index in [4.69, 9.17) is 0 Å². The van der Waals surface area contributed by atoms with Crippen molar-refractivity contribution in [1.29, 1.82) is 0 Å². The molecule has 1 unspecified atom stereocenters. The molecule has 1 saturated heterocycles. The van der Waals surface area contributed by atoms with Crippen LogP contribution in [0.25, 0.3) is 0 Å². The highest BCUT2D eigenvalue weighted by molar-refractivity contribution is 7.89. The molecule has 8 heteroatoms. The highest BCUT2D eigenvalue weighted by Crippen LogP contribution is 2.27. The summed E-state index contributed by atoms with van der Waals surface area (Å²) < 4.78 is 53.6. The van der Waals surface area contributed by atoms with Gasteiger partial charge in [0.2, 0.25) is 20.0 Å². The van der Waals surface area contributed by atoms with E-state index in [0.717, 1.165) is 31.2 Å². The third-order valence-corrected chi connectivity index (χ3v) is 9.53. The van der Waals surface area contributed by atoms with Crippen LogP contribution in [-0.4, -0.2) is 57.4 Å². The average molecular weight is 401 g/mol. The third kappa shape index (κ3) is 3.98. The van der Waals surface area contributed by atoms with E-state index >= 15 is 0 Å².